The zero-order valence-electron chi connectivity index (χ0n) is 16.5. The number of nitrogens with zero attached hydrogens (tertiary/aromatic N) is 4. The number of piperazine rings is 1. The van der Waals surface area contributed by atoms with Gasteiger partial charge in [0.1, 0.15) is 10.9 Å². The van der Waals surface area contributed by atoms with Crippen molar-refractivity contribution in [2.24, 2.45) is 0 Å². The first-order valence-electron chi connectivity index (χ1n) is 9.57. The van der Waals surface area contributed by atoms with Crippen molar-refractivity contribution >= 4 is 23.2 Å². The minimum absolute atomic E-state index is 0.0695. The van der Waals surface area contributed by atoms with Gasteiger partial charge in [-0.3, -0.25) is 4.79 Å². The lowest BCUT2D eigenvalue weighted by Crippen LogP contribution is -2.49. The fourth-order valence-electron chi connectivity index (χ4n) is 3.62. The van der Waals surface area contributed by atoms with Gasteiger partial charge in [0.15, 0.2) is 0 Å². The van der Waals surface area contributed by atoms with Crippen LogP contribution in [0.2, 0.25) is 5.15 Å². The van der Waals surface area contributed by atoms with Gasteiger partial charge in [0.05, 0.1) is 24.1 Å². The SMILES string of the molecule is COc1cccc(N2CCN(C(=O)c3c(C)nn(-c4ccccc4)c3Cl)CC2)c1. The second kappa shape index (κ2) is 8.17. The van der Waals surface area contributed by atoms with E-state index in [0.717, 1.165) is 30.2 Å². The third-order valence-electron chi connectivity index (χ3n) is 5.20. The number of aryl methyl sites for hydroxylation is 1. The van der Waals surface area contributed by atoms with Crippen LogP contribution in [0.5, 0.6) is 5.75 Å². The van der Waals surface area contributed by atoms with Gasteiger partial charge in [0.2, 0.25) is 0 Å². The Morgan fingerprint density at radius 1 is 1.00 bits per heavy atom. The Hall–Kier alpha value is -2.99. The lowest BCUT2D eigenvalue weighted by Gasteiger charge is -2.36. The van der Waals surface area contributed by atoms with Crippen LogP contribution in [0.4, 0.5) is 5.69 Å². The van der Waals surface area contributed by atoms with Crippen molar-refractivity contribution in [1.82, 2.24) is 14.7 Å². The molecule has 150 valence electrons. The molecule has 1 aliphatic rings. The number of methoxy groups -OCH3 is 1. The molecule has 0 unspecified atom stereocenters. The fourth-order valence-corrected chi connectivity index (χ4v) is 3.97. The van der Waals surface area contributed by atoms with Gasteiger partial charge in [0, 0.05) is 37.9 Å². The molecule has 0 bridgehead atoms. The Bertz CT molecular complexity index is 1010. The average molecular weight is 411 g/mol. The maximum absolute atomic E-state index is 13.2. The molecular formula is C22H23ClN4O2. The van der Waals surface area contributed by atoms with Crippen molar-refractivity contribution < 1.29 is 9.53 Å². The van der Waals surface area contributed by atoms with E-state index >= 15 is 0 Å². The number of amides is 1. The Kier molecular flexibility index (Phi) is 5.45. The van der Waals surface area contributed by atoms with Gasteiger partial charge in [0.25, 0.3) is 5.91 Å². The highest BCUT2D eigenvalue weighted by molar-refractivity contribution is 6.33. The summed E-state index contributed by atoms with van der Waals surface area (Å²) in [7, 11) is 1.66. The number of hydrogen-bond acceptors (Lipinski definition) is 4. The Labute approximate surface area is 175 Å². The van der Waals surface area contributed by atoms with Crippen LogP contribution in [0.1, 0.15) is 16.1 Å². The van der Waals surface area contributed by atoms with E-state index in [2.05, 4.69) is 16.1 Å². The lowest BCUT2D eigenvalue weighted by molar-refractivity contribution is 0.0746. The summed E-state index contributed by atoms with van der Waals surface area (Å²) in [6.07, 6.45) is 0. The number of rotatable bonds is 4. The third kappa shape index (κ3) is 3.80. The minimum Gasteiger partial charge on any atom is -0.497 e. The van der Waals surface area contributed by atoms with Gasteiger partial charge in [-0.05, 0) is 31.2 Å². The summed E-state index contributed by atoms with van der Waals surface area (Å²) in [6.45, 7) is 4.58. The highest BCUT2D eigenvalue weighted by Gasteiger charge is 2.28. The zero-order valence-corrected chi connectivity index (χ0v) is 17.3. The van der Waals surface area contributed by atoms with E-state index in [0.29, 0.717) is 29.5 Å². The van der Waals surface area contributed by atoms with Crippen molar-refractivity contribution in [3.8, 4) is 11.4 Å². The summed E-state index contributed by atoms with van der Waals surface area (Å²) in [4.78, 5) is 17.3. The topological polar surface area (TPSA) is 50.6 Å². The lowest BCUT2D eigenvalue weighted by atomic mass is 10.2. The van der Waals surface area contributed by atoms with Crippen LogP contribution in [0.25, 0.3) is 5.69 Å². The van der Waals surface area contributed by atoms with Crippen LogP contribution in [0.15, 0.2) is 54.6 Å². The smallest absolute Gasteiger partial charge is 0.259 e. The molecule has 3 aromatic rings. The minimum atomic E-state index is -0.0695. The second-order valence-electron chi connectivity index (χ2n) is 6.98. The van der Waals surface area contributed by atoms with Crippen molar-refractivity contribution in [2.75, 3.05) is 38.2 Å². The molecule has 1 amide bonds. The van der Waals surface area contributed by atoms with Crippen LogP contribution in [0, 0.1) is 6.92 Å². The fraction of sp³-hybridized carbons (Fsp3) is 0.273. The summed E-state index contributed by atoms with van der Waals surface area (Å²) in [5, 5.41) is 4.85. The molecular weight excluding hydrogens is 388 g/mol. The molecule has 1 aromatic heterocycles. The first-order chi connectivity index (χ1) is 14.1. The Morgan fingerprint density at radius 2 is 1.69 bits per heavy atom. The predicted molar refractivity (Wildman–Crippen MR) is 114 cm³/mol. The van der Waals surface area contributed by atoms with Crippen molar-refractivity contribution in [3.05, 3.63) is 71.0 Å². The quantitative estimate of drug-likeness (QED) is 0.656. The third-order valence-corrected chi connectivity index (χ3v) is 5.55. The normalized spacial score (nSPS) is 14.2. The molecule has 1 saturated heterocycles. The number of hydrogen-bond donors (Lipinski definition) is 0. The Balaban J connectivity index is 1.50. The highest BCUT2D eigenvalue weighted by atomic mass is 35.5. The van der Waals surface area contributed by atoms with E-state index in [1.807, 2.05) is 60.4 Å². The van der Waals surface area contributed by atoms with Crippen molar-refractivity contribution in [3.63, 3.8) is 0 Å². The van der Waals surface area contributed by atoms with Gasteiger partial charge in [-0.25, -0.2) is 4.68 Å². The molecule has 2 heterocycles. The summed E-state index contributed by atoms with van der Waals surface area (Å²) < 4.78 is 6.93. The number of carbonyl (C=O) groups is 1. The van der Waals surface area contributed by atoms with Gasteiger partial charge >= 0.3 is 0 Å². The molecule has 0 N–H and O–H groups in total. The van der Waals surface area contributed by atoms with Gasteiger partial charge in [-0.1, -0.05) is 35.9 Å². The summed E-state index contributed by atoms with van der Waals surface area (Å²) >= 11 is 6.56. The number of anilines is 1. The molecule has 0 saturated carbocycles. The predicted octanol–water partition coefficient (Wildman–Crippen LogP) is 3.81. The van der Waals surface area contributed by atoms with E-state index < -0.39 is 0 Å². The van der Waals surface area contributed by atoms with Crippen LogP contribution >= 0.6 is 11.6 Å². The van der Waals surface area contributed by atoms with E-state index in [-0.39, 0.29) is 5.91 Å². The number of para-hydroxylation sites is 1. The molecule has 0 atom stereocenters. The largest absolute Gasteiger partial charge is 0.497 e. The number of aromatic nitrogens is 2. The number of ether oxygens (including phenoxy) is 1. The number of carbonyl (C=O) groups excluding carboxylic acids is 1. The van der Waals surface area contributed by atoms with Crippen LogP contribution in [-0.4, -0.2) is 53.9 Å². The first kappa shape index (κ1) is 19.3. The van der Waals surface area contributed by atoms with Crippen molar-refractivity contribution in [1.29, 1.82) is 0 Å². The van der Waals surface area contributed by atoms with Crippen molar-refractivity contribution in [2.45, 2.75) is 6.92 Å². The zero-order chi connectivity index (χ0) is 20.4. The summed E-state index contributed by atoms with van der Waals surface area (Å²) in [5.74, 6) is 0.761. The molecule has 1 fully saturated rings. The maximum atomic E-state index is 13.2. The molecule has 2 aromatic carbocycles. The van der Waals surface area contributed by atoms with E-state index in [1.165, 1.54) is 0 Å². The summed E-state index contributed by atoms with van der Waals surface area (Å²) in [6, 6.07) is 17.6. The van der Waals surface area contributed by atoms with Crippen LogP contribution < -0.4 is 9.64 Å². The number of benzene rings is 2. The van der Waals surface area contributed by atoms with Gasteiger partial charge in [-0.2, -0.15) is 5.10 Å². The molecule has 0 spiro atoms. The number of halogens is 1. The van der Waals surface area contributed by atoms with Crippen LogP contribution in [-0.2, 0) is 0 Å². The molecule has 6 nitrogen and oxygen atoms in total. The second-order valence-corrected chi connectivity index (χ2v) is 7.34. The Morgan fingerprint density at radius 3 is 2.38 bits per heavy atom. The molecule has 29 heavy (non-hydrogen) atoms. The molecule has 0 aliphatic carbocycles. The van der Waals surface area contributed by atoms with Gasteiger partial charge in [-0.15, -0.1) is 0 Å². The molecule has 7 heteroatoms. The average Bonchev–Trinajstić information content (AvgIpc) is 3.08. The standard InChI is InChI=1S/C22H23ClN4O2/c1-16-20(21(23)27(24-16)17-7-4-3-5-8-17)22(28)26-13-11-25(12-14-26)18-9-6-10-19(15-18)29-2/h3-10,15H,11-14H2,1-2H3. The highest BCUT2D eigenvalue weighted by Crippen LogP contribution is 2.26. The summed E-state index contributed by atoms with van der Waals surface area (Å²) in [5.41, 5.74) is 3.05. The monoisotopic (exact) mass is 410 g/mol. The van der Waals surface area contributed by atoms with E-state index in [1.54, 1.807) is 11.8 Å². The molecule has 1 aliphatic heterocycles. The first-order valence-corrected chi connectivity index (χ1v) is 9.95. The van der Waals surface area contributed by atoms with Crippen LogP contribution in [0.3, 0.4) is 0 Å². The van der Waals surface area contributed by atoms with Gasteiger partial charge < -0.3 is 14.5 Å². The molecule has 4 rings (SSSR count). The molecule has 0 radical (unpaired) electrons. The van der Waals surface area contributed by atoms with E-state index in [9.17, 15) is 4.79 Å². The maximum Gasteiger partial charge on any atom is 0.259 e. The van der Waals surface area contributed by atoms with E-state index in [4.69, 9.17) is 16.3 Å².